The number of benzene rings is 2. The van der Waals surface area contributed by atoms with E-state index in [-0.39, 0.29) is 36.1 Å². The number of hydrogen-bond donors (Lipinski definition) is 2. The number of hydrogen-bond acceptors (Lipinski definition) is 5. The highest BCUT2D eigenvalue weighted by molar-refractivity contribution is 6.11. The van der Waals surface area contributed by atoms with Crippen molar-refractivity contribution in [2.75, 3.05) is 19.0 Å². The van der Waals surface area contributed by atoms with Gasteiger partial charge in [-0.05, 0) is 53.9 Å². The van der Waals surface area contributed by atoms with Gasteiger partial charge in [0.25, 0.3) is 11.8 Å². The number of nitrogens with zero attached hydrogens (tertiary/aromatic N) is 1. The Morgan fingerprint density at radius 1 is 1.12 bits per heavy atom. The minimum atomic E-state index is -0.652. The second-order valence-electron chi connectivity index (χ2n) is 7.83. The summed E-state index contributed by atoms with van der Waals surface area (Å²) in [6, 6.07) is 15.2. The maximum atomic E-state index is 13.4. The summed E-state index contributed by atoms with van der Waals surface area (Å²) in [4.78, 5) is 40.1. The lowest BCUT2D eigenvalue weighted by molar-refractivity contribution is -0.119. The largest absolute Gasteiger partial charge is 0.497 e. The van der Waals surface area contributed by atoms with Gasteiger partial charge in [-0.25, -0.2) is 0 Å². The van der Waals surface area contributed by atoms with Gasteiger partial charge in [0.1, 0.15) is 11.8 Å². The molecule has 32 heavy (non-hydrogen) atoms. The van der Waals surface area contributed by atoms with Gasteiger partial charge in [0, 0.05) is 12.6 Å². The SMILES string of the molecule is COc1ccc(-c2ccc3c(c2)C(=O)N2CC(NC(=O)c4ccco4)CC2C(=O)N3)cc1. The van der Waals surface area contributed by atoms with Gasteiger partial charge in [0.15, 0.2) is 5.76 Å². The number of nitrogens with one attached hydrogen (secondary N) is 2. The van der Waals surface area contributed by atoms with Crippen molar-refractivity contribution >= 4 is 23.4 Å². The molecule has 8 nitrogen and oxygen atoms in total. The van der Waals surface area contributed by atoms with Crippen LogP contribution in [0.1, 0.15) is 27.3 Å². The van der Waals surface area contributed by atoms with Crippen molar-refractivity contribution in [1.29, 1.82) is 0 Å². The maximum absolute atomic E-state index is 13.4. The van der Waals surface area contributed by atoms with Gasteiger partial charge in [-0.2, -0.15) is 0 Å². The molecule has 0 saturated carbocycles. The lowest BCUT2D eigenvalue weighted by Crippen LogP contribution is -2.41. The van der Waals surface area contributed by atoms with Crippen LogP contribution in [0.3, 0.4) is 0 Å². The van der Waals surface area contributed by atoms with E-state index in [1.54, 1.807) is 31.4 Å². The number of methoxy groups -OCH3 is 1. The first-order valence-corrected chi connectivity index (χ1v) is 10.3. The quantitative estimate of drug-likeness (QED) is 0.662. The summed E-state index contributed by atoms with van der Waals surface area (Å²) in [7, 11) is 1.61. The summed E-state index contributed by atoms with van der Waals surface area (Å²) in [5, 5.41) is 5.72. The van der Waals surface area contributed by atoms with Crippen LogP contribution in [0.4, 0.5) is 5.69 Å². The van der Waals surface area contributed by atoms with Gasteiger partial charge in [0.2, 0.25) is 5.91 Å². The average Bonchev–Trinajstić information content (AvgIpc) is 3.48. The summed E-state index contributed by atoms with van der Waals surface area (Å²) in [5.41, 5.74) is 2.70. The fourth-order valence-corrected chi connectivity index (χ4v) is 4.24. The molecule has 2 aliphatic heterocycles. The predicted molar refractivity (Wildman–Crippen MR) is 116 cm³/mol. The van der Waals surface area contributed by atoms with E-state index < -0.39 is 6.04 Å². The lowest BCUT2D eigenvalue weighted by Gasteiger charge is -2.20. The minimum absolute atomic E-state index is 0.192. The molecule has 0 bridgehead atoms. The third kappa shape index (κ3) is 3.49. The Hall–Kier alpha value is -4.07. The van der Waals surface area contributed by atoms with Gasteiger partial charge in [0.05, 0.1) is 24.6 Å². The van der Waals surface area contributed by atoms with Crippen LogP contribution in [0.15, 0.2) is 65.3 Å². The number of fused-ring (bicyclic) bond motifs is 2. The zero-order valence-electron chi connectivity index (χ0n) is 17.3. The molecule has 5 rings (SSSR count). The molecule has 2 aliphatic rings. The molecule has 0 aliphatic carbocycles. The van der Waals surface area contributed by atoms with E-state index in [9.17, 15) is 14.4 Å². The van der Waals surface area contributed by atoms with Gasteiger partial charge in [-0.15, -0.1) is 0 Å². The molecule has 2 N–H and O–H groups in total. The first kappa shape index (κ1) is 19.9. The Morgan fingerprint density at radius 3 is 2.62 bits per heavy atom. The third-order valence-electron chi connectivity index (χ3n) is 5.88. The van der Waals surface area contributed by atoms with Crippen LogP contribution in [0, 0.1) is 0 Å². The van der Waals surface area contributed by atoms with E-state index in [0.29, 0.717) is 17.7 Å². The number of anilines is 1. The van der Waals surface area contributed by atoms with Crippen molar-refractivity contribution in [2.45, 2.75) is 18.5 Å². The predicted octanol–water partition coefficient (Wildman–Crippen LogP) is 2.92. The number of carbonyl (C=O) groups excluding carboxylic acids is 3. The highest BCUT2D eigenvalue weighted by atomic mass is 16.5. The second kappa shape index (κ2) is 7.88. The topological polar surface area (TPSA) is 101 Å². The summed E-state index contributed by atoms with van der Waals surface area (Å²) in [6.07, 6.45) is 1.76. The summed E-state index contributed by atoms with van der Waals surface area (Å²) >= 11 is 0. The van der Waals surface area contributed by atoms with Gasteiger partial charge >= 0.3 is 0 Å². The molecule has 3 aromatic rings. The van der Waals surface area contributed by atoms with Gasteiger partial charge in [-0.1, -0.05) is 18.2 Å². The standard InChI is InChI=1S/C24H21N3O5/c1-31-17-7-4-14(5-8-17)15-6-9-19-18(11-15)24(30)27-13-16(12-20(27)22(28)26-19)25-23(29)21-3-2-10-32-21/h2-11,16,20H,12-13H2,1H3,(H,25,29)(H,26,28). The van der Waals surface area contributed by atoms with Crippen LogP contribution in [-0.2, 0) is 4.79 Å². The number of rotatable bonds is 4. The van der Waals surface area contributed by atoms with E-state index in [2.05, 4.69) is 10.6 Å². The van der Waals surface area contributed by atoms with Crippen LogP contribution >= 0.6 is 0 Å². The molecule has 1 saturated heterocycles. The number of carbonyl (C=O) groups is 3. The van der Waals surface area contributed by atoms with E-state index in [1.165, 1.54) is 11.2 Å². The molecule has 0 radical (unpaired) electrons. The minimum Gasteiger partial charge on any atom is -0.497 e. The molecule has 1 aromatic heterocycles. The van der Waals surface area contributed by atoms with E-state index in [0.717, 1.165) is 16.9 Å². The summed E-state index contributed by atoms with van der Waals surface area (Å²) in [5.74, 6) is 0.0666. The third-order valence-corrected chi connectivity index (χ3v) is 5.88. The molecule has 3 amide bonds. The van der Waals surface area contributed by atoms with E-state index in [1.807, 2.05) is 30.3 Å². The first-order valence-electron chi connectivity index (χ1n) is 10.3. The Morgan fingerprint density at radius 2 is 1.91 bits per heavy atom. The average molecular weight is 431 g/mol. The molecule has 2 aromatic carbocycles. The van der Waals surface area contributed by atoms with Crippen LogP contribution in [0.25, 0.3) is 11.1 Å². The molecular formula is C24H21N3O5. The van der Waals surface area contributed by atoms with Crippen molar-refractivity contribution in [3.05, 3.63) is 72.2 Å². The molecule has 162 valence electrons. The van der Waals surface area contributed by atoms with Crippen molar-refractivity contribution in [3.8, 4) is 16.9 Å². The van der Waals surface area contributed by atoms with E-state index in [4.69, 9.17) is 9.15 Å². The van der Waals surface area contributed by atoms with Crippen LogP contribution in [-0.4, -0.2) is 48.4 Å². The fourth-order valence-electron chi connectivity index (χ4n) is 4.24. The van der Waals surface area contributed by atoms with Crippen LogP contribution in [0.5, 0.6) is 5.75 Å². The first-order chi connectivity index (χ1) is 15.5. The van der Waals surface area contributed by atoms with Crippen LogP contribution < -0.4 is 15.4 Å². The summed E-state index contributed by atoms with van der Waals surface area (Å²) in [6.45, 7) is 0.246. The molecule has 8 heteroatoms. The zero-order chi connectivity index (χ0) is 22.2. The Balaban J connectivity index is 1.40. The Bertz CT molecular complexity index is 1190. The van der Waals surface area contributed by atoms with Gasteiger partial charge in [-0.3, -0.25) is 14.4 Å². The normalized spacial score (nSPS) is 19.6. The van der Waals surface area contributed by atoms with Crippen molar-refractivity contribution in [3.63, 3.8) is 0 Å². The van der Waals surface area contributed by atoms with Crippen LogP contribution in [0.2, 0.25) is 0 Å². The number of ether oxygens (including phenoxy) is 1. The second-order valence-corrected chi connectivity index (χ2v) is 7.83. The fraction of sp³-hybridized carbons (Fsp3) is 0.208. The monoisotopic (exact) mass is 431 g/mol. The molecular weight excluding hydrogens is 410 g/mol. The lowest BCUT2D eigenvalue weighted by atomic mass is 10.0. The zero-order valence-corrected chi connectivity index (χ0v) is 17.3. The van der Waals surface area contributed by atoms with Crippen molar-refractivity contribution in [1.82, 2.24) is 10.2 Å². The Labute approximate surface area is 184 Å². The van der Waals surface area contributed by atoms with Gasteiger partial charge < -0.3 is 24.7 Å². The summed E-state index contributed by atoms with van der Waals surface area (Å²) < 4.78 is 10.3. The number of furan rings is 1. The molecule has 0 spiro atoms. The Kier molecular flexibility index (Phi) is 4.89. The molecule has 1 fully saturated rings. The molecule has 2 unspecified atom stereocenters. The maximum Gasteiger partial charge on any atom is 0.287 e. The smallest absolute Gasteiger partial charge is 0.287 e. The van der Waals surface area contributed by atoms with Crippen molar-refractivity contribution in [2.24, 2.45) is 0 Å². The highest BCUT2D eigenvalue weighted by Gasteiger charge is 2.43. The number of amides is 3. The highest BCUT2D eigenvalue weighted by Crippen LogP contribution is 2.32. The molecule has 3 heterocycles. The van der Waals surface area contributed by atoms with E-state index >= 15 is 0 Å². The molecule has 2 atom stereocenters. The van der Waals surface area contributed by atoms with Crippen molar-refractivity contribution < 1.29 is 23.5 Å².